The van der Waals surface area contributed by atoms with Crippen LogP contribution in [0.3, 0.4) is 0 Å². The smallest absolute Gasteiger partial charge is 0.246 e. The van der Waals surface area contributed by atoms with Crippen molar-refractivity contribution in [1.82, 2.24) is 10.2 Å². The van der Waals surface area contributed by atoms with Crippen LogP contribution in [0.25, 0.3) is 0 Å². The number of unbranched alkanes of at least 4 members (excludes halogenated alkanes) is 1. The first-order chi connectivity index (χ1) is 8.92. The maximum absolute atomic E-state index is 12.7. The van der Waals surface area contributed by atoms with Crippen LogP contribution < -0.4 is 5.32 Å². The fourth-order valence-corrected chi connectivity index (χ4v) is 3.03. The van der Waals surface area contributed by atoms with Crippen molar-refractivity contribution in [2.75, 3.05) is 6.54 Å². The van der Waals surface area contributed by atoms with Gasteiger partial charge in [0.25, 0.3) is 0 Å². The Kier molecular flexibility index (Phi) is 3.88. The lowest BCUT2D eigenvalue weighted by atomic mass is 9.85. The van der Waals surface area contributed by atoms with Crippen LogP contribution in [-0.2, 0) is 9.59 Å². The van der Waals surface area contributed by atoms with Gasteiger partial charge in [-0.3, -0.25) is 9.59 Å². The predicted molar refractivity (Wildman–Crippen MR) is 74.5 cm³/mol. The van der Waals surface area contributed by atoms with Gasteiger partial charge in [0.05, 0.1) is 0 Å². The van der Waals surface area contributed by atoms with Crippen molar-refractivity contribution in [3.05, 3.63) is 0 Å². The first-order valence-corrected chi connectivity index (χ1v) is 7.55. The SMILES string of the molecule is CCCCN1C(=O)C(C(C)C)NC(=O)C1(C)C1CC1. The summed E-state index contributed by atoms with van der Waals surface area (Å²) in [6.45, 7) is 8.74. The molecule has 4 nitrogen and oxygen atoms in total. The Labute approximate surface area is 115 Å². The second-order valence-corrected chi connectivity index (χ2v) is 6.46. The van der Waals surface area contributed by atoms with Crippen molar-refractivity contribution >= 4 is 11.8 Å². The molecule has 4 heteroatoms. The van der Waals surface area contributed by atoms with Gasteiger partial charge in [0.2, 0.25) is 11.8 Å². The zero-order chi connectivity index (χ0) is 14.2. The Balaban J connectivity index is 2.27. The van der Waals surface area contributed by atoms with E-state index in [1.54, 1.807) is 0 Å². The number of carbonyl (C=O) groups is 2. The van der Waals surface area contributed by atoms with E-state index in [1.165, 1.54) is 0 Å². The molecule has 0 aromatic rings. The molecule has 2 rings (SSSR count). The molecule has 1 saturated heterocycles. The van der Waals surface area contributed by atoms with Gasteiger partial charge < -0.3 is 10.2 Å². The van der Waals surface area contributed by atoms with Gasteiger partial charge in [0, 0.05) is 6.54 Å². The molecule has 1 N–H and O–H groups in total. The molecule has 2 unspecified atom stereocenters. The Hall–Kier alpha value is -1.06. The molecule has 2 fully saturated rings. The fourth-order valence-electron chi connectivity index (χ4n) is 3.03. The van der Waals surface area contributed by atoms with E-state index in [-0.39, 0.29) is 23.8 Å². The molecular weight excluding hydrogens is 240 g/mol. The summed E-state index contributed by atoms with van der Waals surface area (Å²) in [6, 6.07) is -0.351. The second-order valence-electron chi connectivity index (χ2n) is 6.46. The first kappa shape index (κ1) is 14.4. The van der Waals surface area contributed by atoms with Crippen LogP contribution in [0.15, 0.2) is 0 Å². The van der Waals surface area contributed by atoms with E-state index in [1.807, 2.05) is 25.7 Å². The Morgan fingerprint density at radius 1 is 1.37 bits per heavy atom. The Bertz CT molecular complexity index is 376. The number of nitrogens with zero attached hydrogens (tertiary/aromatic N) is 1. The molecule has 2 amide bonds. The number of amides is 2. The fraction of sp³-hybridized carbons (Fsp3) is 0.867. The van der Waals surface area contributed by atoms with E-state index in [0.29, 0.717) is 12.5 Å². The van der Waals surface area contributed by atoms with Crippen LogP contribution in [-0.4, -0.2) is 34.8 Å². The summed E-state index contributed by atoms with van der Waals surface area (Å²) in [5.74, 6) is 0.646. The molecule has 1 heterocycles. The molecular formula is C15H26N2O2. The van der Waals surface area contributed by atoms with Crippen molar-refractivity contribution in [2.24, 2.45) is 11.8 Å². The number of hydrogen-bond acceptors (Lipinski definition) is 2. The number of nitrogens with one attached hydrogen (secondary N) is 1. The van der Waals surface area contributed by atoms with Crippen molar-refractivity contribution in [1.29, 1.82) is 0 Å². The summed E-state index contributed by atoms with van der Waals surface area (Å²) >= 11 is 0. The van der Waals surface area contributed by atoms with Crippen molar-refractivity contribution in [2.45, 2.75) is 65.0 Å². The highest BCUT2D eigenvalue weighted by atomic mass is 16.2. The normalized spacial score (nSPS) is 31.8. The lowest BCUT2D eigenvalue weighted by molar-refractivity contribution is -0.159. The van der Waals surface area contributed by atoms with Gasteiger partial charge in [-0.25, -0.2) is 0 Å². The minimum atomic E-state index is -0.613. The summed E-state index contributed by atoms with van der Waals surface area (Å²) in [4.78, 5) is 27.1. The van der Waals surface area contributed by atoms with Gasteiger partial charge in [-0.05, 0) is 38.0 Å². The van der Waals surface area contributed by atoms with E-state index in [0.717, 1.165) is 25.7 Å². The average Bonchev–Trinajstić information content (AvgIpc) is 3.17. The number of carbonyl (C=O) groups excluding carboxylic acids is 2. The Morgan fingerprint density at radius 3 is 2.47 bits per heavy atom. The van der Waals surface area contributed by atoms with Crippen LogP contribution in [0.1, 0.15) is 53.4 Å². The first-order valence-electron chi connectivity index (χ1n) is 7.55. The standard InChI is InChI=1S/C15H26N2O2/c1-5-6-9-17-13(18)12(10(2)3)16-14(19)15(17,4)11-7-8-11/h10-12H,5-9H2,1-4H3,(H,16,19). The van der Waals surface area contributed by atoms with Crippen LogP contribution >= 0.6 is 0 Å². The van der Waals surface area contributed by atoms with Gasteiger partial charge in [0.1, 0.15) is 11.6 Å². The summed E-state index contributed by atoms with van der Waals surface area (Å²) in [5, 5.41) is 2.95. The molecule has 19 heavy (non-hydrogen) atoms. The summed E-state index contributed by atoms with van der Waals surface area (Å²) < 4.78 is 0. The maximum Gasteiger partial charge on any atom is 0.246 e. The third-order valence-corrected chi connectivity index (χ3v) is 4.61. The van der Waals surface area contributed by atoms with Gasteiger partial charge in [-0.2, -0.15) is 0 Å². The summed E-state index contributed by atoms with van der Waals surface area (Å²) in [6.07, 6.45) is 4.13. The summed E-state index contributed by atoms with van der Waals surface area (Å²) in [7, 11) is 0. The molecule has 0 aromatic carbocycles. The molecule has 1 saturated carbocycles. The molecule has 2 atom stereocenters. The minimum Gasteiger partial charge on any atom is -0.342 e. The molecule has 1 aliphatic carbocycles. The maximum atomic E-state index is 12.7. The molecule has 0 spiro atoms. The number of piperazine rings is 1. The lowest BCUT2D eigenvalue weighted by Crippen LogP contribution is -2.71. The van der Waals surface area contributed by atoms with Crippen molar-refractivity contribution in [3.63, 3.8) is 0 Å². The highest BCUT2D eigenvalue weighted by molar-refractivity contribution is 6.00. The highest BCUT2D eigenvalue weighted by Gasteiger charge is 2.57. The van der Waals surface area contributed by atoms with E-state index >= 15 is 0 Å². The second kappa shape index (κ2) is 5.14. The molecule has 1 aliphatic heterocycles. The van der Waals surface area contributed by atoms with E-state index in [2.05, 4.69) is 12.2 Å². The third kappa shape index (κ3) is 2.37. The minimum absolute atomic E-state index is 0.0457. The molecule has 0 aromatic heterocycles. The largest absolute Gasteiger partial charge is 0.342 e. The summed E-state index contributed by atoms with van der Waals surface area (Å²) in [5.41, 5.74) is -0.613. The van der Waals surface area contributed by atoms with E-state index in [4.69, 9.17) is 0 Å². The number of hydrogen-bond donors (Lipinski definition) is 1. The molecule has 0 radical (unpaired) electrons. The Morgan fingerprint density at radius 2 is 2.00 bits per heavy atom. The average molecular weight is 266 g/mol. The monoisotopic (exact) mass is 266 g/mol. The molecule has 108 valence electrons. The topological polar surface area (TPSA) is 49.4 Å². The van der Waals surface area contributed by atoms with Gasteiger partial charge >= 0.3 is 0 Å². The third-order valence-electron chi connectivity index (χ3n) is 4.61. The van der Waals surface area contributed by atoms with Gasteiger partial charge in [0.15, 0.2) is 0 Å². The lowest BCUT2D eigenvalue weighted by Gasteiger charge is -2.47. The van der Waals surface area contributed by atoms with Crippen molar-refractivity contribution in [3.8, 4) is 0 Å². The zero-order valence-corrected chi connectivity index (χ0v) is 12.5. The quantitative estimate of drug-likeness (QED) is 0.826. The van der Waals surface area contributed by atoms with Gasteiger partial charge in [-0.1, -0.05) is 27.2 Å². The van der Waals surface area contributed by atoms with E-state index in [9.17, 15) is 9.59 Å². The number of rotatable bonds is 5. The highest BCUT2D eigenvalue weighted by Crippen LogP contribution is 2.45. The molecule has 0 bridgehead atoms. The van der Waals surface area contributed by atoms with Crippen molar-refractivity contribution < 1.29 is 9.59 Å². The predicted octanol–water partition coefficient (Wildman–Crippen LogP) is 1.94. The van der Waals surface area contributed by atoms with E-state index < -0.39 is 5.54 Å². The van der Waals surface area contributed by atoms with Crippen LogP contribution in [0, 0.1) is 11.8 Å². The van der Waals surface area contributed by atoms with Crippen LogP contribution in [0.2, 0.25) is 0 Å². The van der Waals surface area contributed by atoms with Crippen LogP contribution in [0.5, 0.6) is 0 Å². The molecule has 2 aliphatic rings. The zero-order valence-electron chi connectivity index (χ0n) is 12.5. The van der Waals surface area contributed by atoms with Crippen LogP contribution in [0.4, 0.5) is 0 Å². The van der Waals surface area contributed by atoms with Gasteiger partial charge in [-0.15, -0.1) is 0 Å².